The Labute approximate surface area is 153 Å². The van der Waals surface area contributed by atoms with Gasteiger partial charge in [-0.2, -0.15) is 0 Å². The summed E-state index contributed by atoms with van der Waals surface area (Å²) in [5.74, 6) is 0.703. The molecular weight excluding hydrogens is 411 g/mol. The number of nitrogens with zero attached hydrogens (tertiary/aromatic N) is 5. The molecule has 0 aliphatic carbocycles. The van der Waals surface area contributed by atoms with Crippen LogP contribution in [-0.4, -0.2) is 73.1 Å². The summed E-state index contributed by atoms with van der Waals surface area (Å²) in [5.41, 5.74) is 6.16. The molecule has 6 nitrogen and oxygen atoms in total. The summed E-state index contributed by atoms with van der Waals surface area (Å²) in [6, 6.07) is 0.570. The highest BCUT2D eigenvalue weighted by Crippen LogP contribution is 2.19. The highest BCUT2D eigenvalue weighted by molar-refractivity contribution is 14.0. The van der Waals surface area contributed by atoms with E-state index in [1.807, 2.05) is 11.6 Å². The van der Waals surface area contributed by atoms with Gasteiger partial charge in [0.1, 0.15) is 0 Å². The molecule has 22 heavy (non-hydrogen) atoms. The van der Waals surface area contributed by atoms with Crippen LogP contribution in [0.5, 0.6) is 0 Å². The second-order valence-electron chi connectivity index (χ2n) is 5.76. The lowest BCUT2D eigenvalue weighted by Gasteiger charge is -2.35. The number of aromatic nitrogens is 1. The number of piperazine rings is 1. The number of nitrogens with two attached hydrogens (primary N) is 1. The van der Waals surface area contributed by atoms with E-state index < -0.39 is 0 Å². The predicted molar refractivity (Wildman–Crippen MR) is 103 cm³/mol. The van der Waals surface area contributed by atoms with Crippen LogP contribution in [0.2, 0.25) is 0 Å². The van der Waals surface area contributed by atoms with Crippen LogP contribution >= 0.6 is 35.3 Å². The quantitative estimate of drug-likeness (QED) is 0.440. The van der Waals surface area contributed by atoms with Gasteiger partial charge in [0, 0.05) is 43.8 Å². The third-order valence-electron chi connectivity index (χ3n) is 4.43. The first-order valence-corrected chi connectivity index (χ1v) is 8.51. The van der Waals surface area contributed by atoms with Crippen LogP contribution in [0.25, 0.3) is 0 Å². The number of hydrogen-bond acceptors (Lipinski definition) is 5. The standard InChI is InChI=1S/C14H24N6S.HI/c1-18-5-2-3-12(18)11-17-13(15)19-6-8-20(9-7-19)14-16-4-10-21-14;/h4,10,12H,2-3,5-9,11H2,1H3,(H2,15,17);1H. The van der Waals surface area contributed by atoms with Crippen LogP contribution < -0.4 is 10.6 Å². The van der Waals surface area contributed by atoms with Crippen molar-refractivity contribution >= 4 is 46.4 Å². The third-order valence-corrected chi connectivity index (χ3v) is 5.26. The summed E-state index contributed by atoms with van der Waals surface area (Å²) < 4.78 is 0. The van der Waals surface area contributed by atoms with Crippen molar-refractivity contribution < 1.29 is 0 Å². The lowest BCUT2D eigenvalue weighted by molar-refractivity contribution is 0.315. The molecule has 8 heteroatoms. The Bertz CT molecular complexity index is 472. The molecule has 0 saturated carbocycles. The molecule has 2 fully saturated rings. The van der Waals surface area contributed by atoms with Gasteiger partial charge in [-0.3, -0.25) is 4.99 Å². The Morgan fingerprint density at radius 3 is 2.73 bits per heavy atom. The first kappa shape index (κ1) is 17.7. The molecule has 2 saturated heterocycles. The van der Waals surface area contributed by atoms with Gasteiger partial charge >= 0.3 is 0 Å². The van der Waals surface area contributed by atoms with E-state index in [1.54, 1.807) is 11.3 Å². The minimum Gasteiger partial charge on any atom is -0.370 e. The number of aliphatic imine (C=N–C) groups is 1. The van der Waals surface area contributed by atoms with E-state index >= 15 is 0 Å². The van der Waals surface area contributed by atoms with Gasteiger partial charge < -0.3 is 20.4 Å². The van der Waals surface area contributed by atoms with Gasteiger partial charge in [-0.15, -0.1) is 35.3 Å². The topological polar surface area (TPSA) is 61.0 Å². The lowest BCUT2D eigenvalue weighted by atomic mass is 10.2. The molecule has 0 aromatic carbocycles. The SMILES string of the molecule is CN1CCCC1CN=C(N)N1CCN(c2nccs2)CC1.I. The van der Waals surface area contributed by atoms with Gasteiger partial charge in [-0.1, -0.05) is 0 Å². The van der Waals surface area contributed by atoms with Crippen molar-refractivity contribution in [1.82, 2.24) is 14.8 Å². The lowest BCUT2D eigenvalue weighted by Crippen LogP contribution is -2.51. The Morgan fingerprint density at radius 1 is 1.36 bits per heavy atom. The average Bonchev–Trinajstić information content (AvgIpc) is 3.17. The maximum absolute atomic E-state index is 6.16. The molecular formula is C14H25IN6S. The molecule has 0 amide bonds. The molecule has 2 N–H and O–H groups in total. The van der Waals surface area contributed by atoms with Crippen molar-refractivity contribution in [3.8, 4) is 0 Å². The van der Waals surface area contributed by atoms with E-state index in [2.05, 4.69) is 31.7 Å². The maximum atomic E-state index is 6.16. The Kier molecular flexibility index (Phi) is 6.69. The fraction of sp³-hybridized carbons (Fsp3) is 0.714. The first-order valence-electron chi connectivity index (χ1n) is 7.63. The zero-order valence-electron chi connectivity index (χ0n) is 13.0. The summed E-state index contributed by atoms with van der Waals surface area (Å²) in [5, 5.41) is 3.13. The van der Waals surface area contributed by atoms with Gasteiger partial charge in [-0.05, 0) is 26.4 Å². The molecule has 124 valence electrons. The van der Waals surface area contributed by atoms with E-state index in [-0.39, 0.29) is 24.0 Å². The third kappa shape index (κ3) is 4.23. The van der Waals surface area contributed by atoms with Crippen LogP contribution in [0.4, 0.5) is 5.13 Å². The molecule has 0 bridgehead atoms. The molecule has 3 heterocycles. The summed E-state index contributed by atoms with van der Waals surface area (Å²) in [4.78, 5) is 15.9. The van der Waals surface area contributed by atoms with Gasteiger partial charge in [-0.25, -0.2) is 4.98 Å². The van der Waals surface area contributed by atoms with Crippen LogP contribution in [0.1, 0.15) is 12.8 Å². The fourth-order valence-corrected chi connectivity index (χ4v) is 3.70. The highest BCUT2D eigenvalue weighted by atomic mass is 127. The highest BCUT2D eigenvalue weighted by Gasteiger charge is 2.22. The van der Waals surface area contributed by atoms with Crippen molar-refractivity contribution in [3.05, 3.63) is 11.6 Å². The zero-order chi connectivity index (χ0) is 14.7. The molecule has 3 rings (SSSR count). The number of likely N-dealkylation sites (N-methyl/N-ethyl adjacent to an activating group) is 1. The van der Waals surface area contributed by atoms with E-state index in [0.717, 1.165) is 37.9 Å². The van der Waals surface area contributed by atoms with Crippen molar-refractivity contribution in [1.29, 1.82) is 0 Å². The van der Waals surface area contributed by atoms with E-state index in [1.165, 1.54) is 19.4 Å². The van der Waals surface area contributed by atoms with Crippen LogP contribution in [-0.2, 0) is 0 Å². The number of hydrogen-bond donors (Lipinski definition) is 1. The molecule has 1 unspecified atom stereocenters. The Hall–Kier alpha value is -0.610. The smallest absolute Gasteiger partial charge is 0.191 e. The molecule has 1 aromatic rings. The number of guanidine groups is 1. The van der Waals surface area contributed by atoms with Crippen molar-refractivity contribution in [2.45, 2.75) is 18.9 Å². The van der Waals surface area contributed by atoms with E-state index in [9.17, 15) is 0 Å². The van der Waals surface area contributed by atoms with Crippen LogP contribution in [0.3, 0.4) is 0 Å². The summed E-state index contributed by atoms with van der Waals surface area (Å²) in [7, 11) is 2.18. The van der Waals surface area contributed by atoms with Crippen LogP contribution in [0, 0.1) is 0 Å². The summed E-state index contributed by atoms with van der Waals surface area (Å²) in [6.45, 7) is 5.80. The first-order chi connectivity index (χ1) is 10.2. The second-order valence-corrected chi connectivity index (χ2v) is 6.64. The number of halogens is 1. The largest absolute Gasteiger partial charge is 0.370 e. The summed E-state index contributed by atoms with van der Waals surface area (Å²) >= 11 is 1.70. The fourth-order valence-electron chi connectivity index (χ4n) is 3.01. The monoisotopic (exact) mass is 436 g/mol. The van der Waals surface area contributed by atoms with Crippen molar-refractivity contribution in [2.75, 3.05) is 51.2 Å². The van der Waals surface area contributed by atoms with Gasteiger partial charge in [0.2, 0.25) is 0 Å². The molecule has 2 aliphatic heterocycles. The molecule has 1 aromatic heterocycles. The van der Waals surface area contributed by atoms with Crippen molar-refractivity contribution in [2.24, 2.45) is 10.7 Å². The number of thiazole rings is 1. The number of anilines is 1. The molecule has 1 atom stereocenters. The minimum absolute atomic E-state index is 0. The zero-order valence-corrected chi connectivity index (χ0v) is 16.2. The maximum Gasteiger partial charge on any atom is 0.191 e. The Balaban J connectivity index is 0.00000176. The van der Waals surface area contributed by atoms with Crippen LogP contribution in [0.15, 0.2) is 16.6 Å². The van der Waals surface area contributed by atoms with Gasteiger partial charge in [0.25, 0.3) is 0 Å². The predicted octanol–water partition coefficient (Wildman–Crippen LogP) is 1.29. The van der Waals surface area contributed by atoms with Crippen molar-refractivity contribution in [3.63, 3.8) is 0 Å². The number of rotatable bonds is 3. The van der Waals surface area contributed by atoms with Gasteiger partial charge in [0.05, 0.1) is 6.54 Å². The summed E-state index contributed by atoms with van der Waals surface area (Å²) in [6.07, 6.45) is 4.38. The normalized spacial score (nSPS) is 23.7. The molecule has 2 aliphatic rings. The van der Waals surface area contributed by atoms with E-state index in [4.69, 9.17) is 5.73 Å². The average molecular weight is 436 g/mol. The second kappa shape index (κ2) is 8.30. The number of likely N-dealkylation sites (tertiary alicyclic amines) is 1. The van der Waals surface area contributed by atoms with E-state index in [0.29, 0.717) is 12.0 Å². The van der Waals surface area contributed by atoms with Gasteiger partial charge in [0.15, 0.2) is 11.1 Å². The molecule has 0 spiro atoms. The minimum atomic E-state index is 0. The molecule has 0 radical (unpaired) electrons. The Morgan fingerprint density at radius 2 is 2.14 bits per heavy atom.